The maximum Gasteiger partial charge on any atom is 0.349 e. The van der Waals surface area contributed by atoms with Gasteiger partial charge in [0.15, 0.2) is 18.1 Å². The van der Waals surface area contributed by atoms with E-state index in [4.69, 9.17) is 14.2 Å². The number of hydrogen-bond donors (Lipinski definition) is 0. The Bertz CT molecular complexity index is 1210. The summed E-state index contributed by atoms with van der Waals surface area (Å²) >= 11 is 0. The number of para-hydroxylation sites is 1. The van der Waals surface area contributed by atoms with Gasteiger partial charge in [0.1, 0.15) is 5.75 Å². The third-order valence-electron chi connectivity index (χ3n) is 4.79. The highest BCUT2D eigenvalue weighted by atomic mass is 16.6. The molecule has 4 aromatic rings. The number of esters is 1. The molecule has 4 heteroatoms. The molecule has 0 amide bonds. The fraction of sp³-hybridized carbons (Fsp3) is 0.0741. The highest BCUT2D eigenvalue weighted by Crippen LogP contribution is 2.29. The summed E-state index contributed by atoms with van der Waals surface area (Å²) in [6, 6.07) is 29.1. The first-order valence-corrected chi connectivity index (χ1v) is 9.95. The molecule has 0 aliphatic heterocycles. The Morgan fingerprint density at radius 1 is 0.806 bits per heavy atom. The maximum atomic E-state index is 12.2. The first-order chi connectivity index (χ1) is 15.2. The minimum atomic E-state index is -0.499. The molecule has 0 aliphatic rings. The van der Waals surface area contributed by atoms with Crippen LogP contribution in [0.4, 0.5) is 0 Å². The maximum absolute atomic E-state index is 12.2. The summed E-state index contributed by atoms with van der Waals surface area (Å²) in [7, 11) is 1.55. The number of carbonyl (C=O) groups is 1. The smallest absolute Gasteiger partial charge is 0.349 e. The van der Waals surface area contributed by atoms with E-state index < -0.39 is 5.97 Å². The third kappa shape index (κ3) is 5.11. The predicted molar refractivity (Wildman–Crippen MR) is 123 cm³/mol. The highest BCUT2D eigenvalue weighted by Gasteiger charge is 2.11. The second kappa shape index (κ2) is 9.63. The van der Waals surface area contributed by atoms with E-state index in [1.165, 1.54) is 10.8 Å². The van der Waals surface area contributed by atoms with Crippen molar-refractivity contribution in [1.29, 1.82) is 0 Å². The predicted octanol–water partition coefficient (Wildman–Crippen LogP) is 6.00. The Hall–Kier alpha value is -4.05. The third-order valence-corrected chi connectivity index (χ3v) is 4.79. The van der Waals surface area contributed by atoms with Crippen molar-refractivity contribution in [3.63, 3.8) is 0 Å². The molecule has 0 aliphatic carbocycles. The van der Waals surface area contributed by atoms with Crippen LogP contribution in [0.15, 0.2) is 91.0 Å². The normalized spacial score (nSPS) is 10.9. The molecule has 0 saturated heterocycles. The fourth-order valence-corrected chi connectivity index (χ4v) is 3.27. The lowest BCUT2D eigenvalue weighted by molar-refractivity contribution is -0.136. The Labute approximate surface area is 181 Å². The minimum absolute atomic E-state index is 0.185. The topological polar surface area (TPSA) is 44.8 Å². The lowest BCUT2D eigenvalue weighted by Gasteiger charge is -2.11. The molecule has 4 rings (SSSR count). The quantitative estimate of drug-likeness (QED) is 0.213. The van der Waals surface area contributed by atoms with Crippen LogP contribution in [0.2, 0.25) is 0 Å². The van der Waals surface area contributed by atoms with Crippen molar-refractivity contribution in [3.05, 3.63) is 102 Å². The van der Waals surface area contributed by atoms with Crippen molar-refractivity contribution in [3.8, 4) is 17.2 Å². The zero-order valence-electron chi connectivity index (χ0n) is 17.2. The monoisotopic (exact) mass is 410 g/mol. The number of fused-ring (bicyclic) bond motifs is 1. The Morgan fingerprint density at radius 2 is 1.58 bits per heavy atom. The number of benzene rings is 4. The molecule has 31 heavy (non-hydrogen) atoms. The standard InChI is InChI=1S/C27H22O4/c1-29-26-18-20(14-16-22-10-7-9-21-8-5-6-13-24(21)22)15-17-25(26)31-27(28)19-30-23-11-3-2-4-12-23/h2-18H,19H2,1H3/b16-14+. The van der Waals surface area contributed by atoms with Gasteiger partial charge in [-0.2, -0.15) is 0 Å². The second-order valence-electron chi connectivity index (χ2n) is 6.89. The molecular formula is C27H22O4. The molecule has 0 bridgehead atoms. The van der Waals surface area contributed by atoms with E-state index in [-0.39, 0.29) is 6.61 Å². The molecule has 4 aromatic carbocycles. The number of hydrogen-bond acceptors (Lipinski definition) is 4. The Kier molecular flexibility index (Phi) is 6.29. The Balaban J connectivity index is 1.46. The van der Waals surface area contributed by atoms with Gasteiger partial charge in [0.2, 0.25) is 0 Å². The summed E-state index contributed by atoms with van der Waals surface area (Å²) in [5, 5.41) is 2.39. The van der Waals surface area contributed by atoms with Gasteiger partial charge < -0.3 is 14.2 Å². The van der Waals surface area contributed by atoms with Crippen LogP contribution in [0.25, 0.3) is 22.9 Å². The second-order valence-corrected chi connectivity index (χ2v) is 6.89. The summed E-state index contributed by atoms with van der Waals surface area (Å²) < 4.78 is 16.3. The molecule has 0 N–H and O–H groups in total. The van der Waals surface area contributed by atoms with Crippen molar-refractivity contribution in [2.24, 2.45) is 0 Å². The minimum Gasteiger partial charge on any atom is -0.493 e. The molecule has 0 fully saturated rings. The zero-order valence-corrected chi connectivity index (χ0v) is 17.2. The van der Waals surface area contributed by atoms with Crippen molar-refractivity contribution >= 4 is 28.9 Å². The summed E-state index contributed by atoms with van der Waals surface area (Å²) in [5.41, 5.74) is 2.07. The van der Waals surface area contributed by atoms with Crippen LogP contribution >= 0.6 is 0 Å². The van der Waals surface area contributed by atoms with E-state index in [9.17, 15) is 4.79 Å². The molecule has 4 nitrogen and oxygen atoms in total. The van der Waals surface area contributed by atoms with Gasteiger partial charge in [-0.05, 0) is 46.2 Å². The molecule has 0 radical (unpaired) electrons. The van der Waals surface area contributed by atoms with Gasteiger partial charge in [-0.3, -0.25) is 0 Å². The number of ether oxygens (including phenoxy) is 3. The van der Waals surface area contributed by atoms with Crippen molar-refractivity contribution in [1.82, 2.24) is 0 Å². The average molecular weight is 410 g/mol. The summed E-state index contributed by atoms with van der Waals surface area (Å²) in [5.74, 6) is 0.945. The van der Waals surface area contributed by atoms with Gasteiger partial charge in [-0.1, -0.05) is 78.9 Å². The van der Waals surface area contributed by atoms with Gasteiger partial charge in [0.25, 0.3) is 0 Å². The molecule has 0 unspecified atom stereocenters. The molecule has 154 valence electrons. The van der Waals surface area contributed by atoms with E-state index in [1.54, 1.807) is 25.3 Å². The van der Waals surface area contributed by atoms with Gasteiger partial charge in [-0.25, -0.2) is 4.79 Å². The van der Waals surface area contributed by atoms with Crippen LogP contribution in [0, 0.1) is 0 Å². The molecule has 0 saturated carbocycles. The lowest BCUT2D eigenvalue weighted by Crippen LogP contribution is -2.18. The SMILES string of the molecule is COc1cc(/C=C/c2cccc3ccccc23)ccc1OC(=O)COc1ccccc1. The van der Waals surface area contributed by atoms with Gasteiger partial charge in [0, 0.05) is 0 Å². The fourth-order valence-electron chi connectivity index (χ4n) is 3.27. The summed E-state index contributed by atoms with van der Waals surface area (Å²) in [6.45, 7) is -0.185. The zero-order chi connectivity index (χ0) is 21.5. The first kappa shape index (κ1) is 20.2. The van der Waals surface area contributed by atoms with Gasteiger partial charge in [-0.15, -0.1) is 0 Å². The lowest BCUT2D eigenvalue weighted by atomic mass is 10.0. The molecule has 0 atom stereocenters. The average Bonchev–Trinajstić information content (AvgIpc) is 2.82. The Morgan fingerprint density at radius 3 is 2.42 bits per heavy atom. The largest absolute Gasteiger partial charge is 0.493 e. The first-order valence-electron chi connectivity index (χ1n) is 9.95. The molecular weight excluding hydrogens is 388 g/mol. The van der Waals surface area contributed by atoms with Crippen LogP contribution < -0.4 is 14.2 Å². The molecule has 0 aromatic heterocycles. The van der Waals surface area contributed by atoms with Crippen molar-refractivity contribution in [2.45, 2.75) is 0 Å². The van der Waals surface area contributed by atoms with E-state index in [0.717, 1.165) is 11.1 Å². The summed E-state index contributed by atoms with van der Waals surface area (Å²) in [6.07, 6.45) is 4.07. The van der Waals surface area contributed by atoms with E-state index >= 15 is 0 Å². The van der Waals surface area contributed by atoms with Crippen LogP contribution in [0.5, 0.6) is 17.2 Å². The number of carbonyl (C=O) groups excluding carboxylic acids is 1. The van der Waals surface area contributed by atoms with Crippen molar-refractivity contribution in [2.75, 3.05) is 13.7 Å². The van der Waals surface area contributed by atoms with E-state index in [2.05, 4.69) is 30.3 Å². The summed E-state index contributed by atoms with van der Waals surface area (Å²) in [4.78, 5) is 12.2. The van der Waals surface area contributed by atoms with Crippen LogP contribution in [0.3, 0.4) is 0 Å². The van der Waals surface area contributed by atoms with Gasteiger partial charge >= 0.3 is 5.97 Å². The van der Waals surface area contributed by atoms with E-state index in [1.807, 2.05) is 54.6 Å². The van der Waals surface area contributed by atoms with Crippen molar-refractivity contribution < 1.29 is 19.0 Å². The van der Waals surface area contributed by atoms with Crippen LogP contribution in [-0.4, -0.2) is 19.7 Å². The van der Waals surface area contributed by atoms with Crippen LogP contribution in [0.1, 0.15) is 11.1 Å². The van der Waals surface area contributed by atoms with Gasteiger partial charge in [0.05, 0.1) is 7.11 Å². The number of rotatable bonds is 7. The molecule has 0 heterocycles. The number of methoxy groups -OCH3 is 1. The molecule has 0 spiro atoms. The van der Waals surface area contributed by atoms with E-state index in [0.29, 0.717) is 17.2 Å². The highest BCUT2D eigenvalue weighted by molar-refractivity contribution is 5.92. The van der Waals surface area contributed by atoms with Crippen LogP contribution in [-0.2, 0) is 4.79 Å².